The van der Waals surface area contributed by atoms with Gasteiger partial charge in [-0.25, -0.2) is 9.55 Å². The maximum absolute atomic E-state index is 3.84. The van der Waals surface area contributed by atoms with E-state index in [9.17, 15) is 0 Å². The fourth-order valence-corrected chi connectivity index (χ4v) is 9.62. The van der Waals surface area contributed by atoms with Gasteiger partial charge in [0.25, 0.3) is 5.82 Å². The highest BCUT2D eigenvalue weighted by Gasteiger charge is 2.42. The number of nitrogens with zero attached hydrogens (tertiary/aromatic N) is 1. The molecule has 2 atom stereocenters. The van der Waals surface area contributed by atoms with E-state index >= 15 is 0 Å². The molecular formula is C55H93N2+. The number of aromatic nitrogens is 2. The predicted octanol–water partition coefficient (Wildman–Crippen LogP) is 17.5. The van der Waals surface area contributed by atoms with Crippen LogP contribution in [0, 0.1) is 0 Å². The third kappa shape index (κ3) is 22.0. The van der Waals surface area contributed by atoms with Gasteiger partial charge >= 0.3 is 0 Å². The molecule has 0 saturated heterocycles. The lowest BCUT2D eigenvalue weighted by Crippen LogP contribution is -2.43. The smallest absolute Gasteiger partial charge is 0.247 e. The van der Waals surface area contributed by atoms with E-state index in [1.165, 1.54) is 229 Å². The topological polar surface area (TPSA) is 19.7 Å². The van der Waals surface area contributed by atoms with Crippen LogP contribution in [-0.4, -0.2) is 4.98 Å². The summed E-state index contributed by atoms with van der Waals surface area (Å²) in [5.74, 6) is 1.88. The molecule has 57 heavy (non-hydrogen) atoms. The number of nitrogens with one attached hydrogen (secondary N) is 1. The number of aromatic amines is 1. The van der Waals surface area contributed by atoms with Crippen molar-refractivity contribution >= 4 is 0 Å². The van der Waals surface area contributed by atoms with Gasteiger partial charge in [-0.15, -0.1) is 0 Å². The Morgan fingerprint density at radius 3 is 1.25 bits per heavy atom. The molecule has 322 valence electrons. The van der Waals surface area contributed by atoms with Gasteiger partial charge in [-0.1, -0.05) is 274 Å². The Labute approximate surface area is 355 Å². The fraction of sp³-hybridized carbons (Fsp3) is 0.727. The number of benzene rings is 2. The van der Waals surface area contributed by atoms with Crippen molar-refractivity contribution in [3.8, 4) is 0 Å². The lowest BCUT2D eigenvalue weighted by molar-refractivity contribution is -0.705. The largest absolute Gasteiger partial charge is 0.258 e. The van der Waals surface area contributed by atoms with Gasteiger partial charge in [-0.3, -0.25) is 0 Å². The van der Waals surface area contributed by atoms with Crippen LogP contribution < -0.4 is 4.57 Å². The first kappa shape index (κ1) is 49.0. The molecule has 0 fully saturated rings. The van der Waals surface area contributed by atoms with Crippen LogP contribution in [-0.2, 0) is 18.4 Å². The third-order valence-corrected chi connectivity index (χ3v) is 13.3. The van der Waals surface area contributed by atoms with Gasteiger partial charge in [0, 0.05) is 5.41 Å². The number of unbranched alkanes of at least 4 members (excludes halogenated alkanes) is 30. The minimum Gasteiger partial charge on any atom is -0.247 e. The average Bonchev–Trinajstić information content (AvgIpc) is 3.70. The van der Waals surface area contributed by atoms with Crippen molar-refractivity contribution in [3.63, 3.8) is 0 Å². The highest BCUT2D eigenvalue weighted by Crippen LogP contribution is 2.43. The summed E-state index contributed by atoms with van der Waals surface area (Å²) >= 11 is 0. The van der Waals surface area contributed by atoms with Gasteiger partial charge < -0.3 is 0 Å². The zero-order chi connectivity index (χ0) is 40.3. The van der Waals surface area contributed by atoms with Crippen LogP contribution in [0.5, 0.6) is 0 Å². The van der Waals surface area contributed by atoms with E-state index in [2.05, 4.69) is 103 Å². The molecule has 0 saturated carbocycles. The number of hydrogen-bond acceptors (Lipinski definition) is 0. The second-order valence-corrected chi connectivity index (χ2v) is 18.4. The van der Waals surface area contributed by atoms with Crippen LogP contribution in [0.1, 0.15) is 256 Å². The summed E-state index contributed by atoms with van der Waals surface area (Å²) in [6, 6.07) is 22.8. The minimum absolute atomic E-state index is 0.000638. The fourth-order valence-electron chi connectivity index (χ4n) is 9.62. The average molecular weight is 782 g/mol. The Morgan fingerprint density at radius 2 is 0.825 bits per heavy atom. The molecule has 0 spiro atoms. The monoisotopic (exact) mass is 782 g/mol. The van der Waals surface area contributed by atoms with Crippen molar-refractivity contribution in [1.82, 2.24) is 4.98 Å². The summed E-state index contributed by atoms with van der Waals surface area (Å²) in [6.07, 6.45) is 52.3. The molecular weight excluding hydrogens is 689 g/mol. The predicted molar refractivity (Wildman–Crippen MR) is 251 cm³/mol. The van der Waals surface area contributed by atoms with Crippen LogP contribution in [0.3, 0.4) is 0 Å². The molecule has 1 aromatic heterocycles. The first-order valence-corrected chi connectivity index (χ1v) is 25.3. The summed E-state index contributed by atoms with van der Waals surface area (Å²) in [5.41, 5.74) is 2.91. The van der Waals surface area contributed by atoms with Gasteiger partial charge in [0.1, 0.15) is 12.4 Å². The number of aryl methyl sites for hydroxylation is 1. The van der Waals surface area contributed by atoms with Gasteiger partial charge in [0.2, 0.25) is 0 Å². The maximum Gasteiger partial charge on any atom is 0.258 e. The summed E-state index contributed by atoms with van der Waals surface area (Å²) in [6.45, 7) is 8.31. The van der Waals surface area contributed by atoms with Crippen LogP contribution in [0.2, 0.25) is 0 Å². The van der Waals surface area contributed by atoms with E-state index in [0.29, 0.717) is 5.92 Å². The molecule has 0 bridgehead atoms. The molecule has 0 amide bonds. The van der Waals surface area contributed by atoms with Crippen molar-refractivity contribution < 1.29 is 4.57 Å². The zero-order valence-corrected chi connectivity index (χ0v) is 38.2. The molecule has 2 unspecified atom stereocenters. The van der Waals surface area contributed by atoms with Crippen molar-refractivity contribution in [3.05, 3.63) is 90.0 Å². The van der Waals surface area contributed by atoms with Crippen LogP contribution in [0.25, 0.3) is 0 Å². The van der Waals surface area contributed by atoms with Crippen molar-refractivity contribution in [1.29, 1.82) is 0 Å². The van der Waals surface area contributed by atoms with E-state index in [1.54, 1.807) is 0 Å². The molecule has 3 rings (SSSR count). The van der Waals surface area contributed by atoms with E-state index in [0.717, 1.165) is 13.0 Å². The quantitative estimate of drug-likeness (QED) is 0.0439. The summed E-state index contributed by atoms with van der Waals surface area (Å²) in [4.78, 5) is 3.84. The summed E-state index contributed by atoms with van der Waals surface area (Å²) in [7, 11) is 0. The molecule has 2 heteroatoms. The Kier molecular flexibility index (Phi) is 28.8. The number of H-pyrrole nitrogens is 1. The molecule has 3 aromatic rings. The molecule has 0 radical (unpaired) electrons. The van der Waals surface area contributed by atoms with Crippen LogP contribution in [0.15, 0.2) is 73.1 Å². The first-order valence-electron chi connectivity index (χ1n) is 25.3. The van der Waals surface area contributed by atoms with Crippen molar-refractivity contribution in [2.24, 2.45) is 0 Å². The third-order valence-electron chi connectivity index (χ3n) is 13.3. The molecule has 1 N–H and O–H groups in total. The van der Waals surface area contributed by atoms with E-state index in [-0.39, 0.29) is 5.41 Å². The first-order chi connectivity index (χ1) is 28.2. The molecule has 0 aliphatic heterocycles. The van der Waals surface area contributed by atoms with E-state index in [4.69, 9.17) is 0 Å². The van der Waals surface area contributed by atoms with Gasteiger partial charge in [0.05, 0.1) is 12.5 Å². The lowest BCUT2D eigenvalue weighted by Gasteiger charge is -2.37. The number of imidazole rings is 1. The SMILES string of the molecule is CCCCCCCCCCCCCCCCCCC(c1[nH]cc[n+]1CCCCCCCCCCCCCCCCCC)C(C)(Cc1ccccc1)c1ccccc1. The minimum atomic E-state index is -0.000638. The van der Waals surface area contributed by atoms with Crippen LogP contribution in [0.4, 0.5) is 0 Å². The van der Waals surface area contributed by atoms with Crippen molar-refractivity contribution in [2.75, 3.05) is 0 Å². The molecule has 2 nitrogen and oxygen atoms in total. The number of hydrogen-bond donors (Lipinski definition) is 1. The molecule has 2 aromatic carbocycles. The Hall–Kier alpha value is -2.35. The zero-order valence-electron chi connectivity index (χ0n) is 38.2. The standard InChI is InChI=1S/C55H92N2/c1-4-6-8-10-12-14-16-18-20-22-24-26-28-30-32-40-46-53(55(3,52-44-38-35-39-45-52)50-51-42-36-34-37-43-51)54-56-47-49-57(54)48-41-33-31-29-27-25-23-21-19-17-15-13-11-9-7-5-2/h34-39,42-45,47,49,53H,4-33,40-41,46,48,50H2,1-3H3/p+1. The summed E-state index contributed by atoms with van der Waals surface area (Å²) < 4.78 is 2.60. The van der Waals surface area contributed by atoms with Gasteiger partial charge in [-0.2, -0.15) is 0 Å². The van der Waals surface area contributed by atoms with Gasteiger partial charge in [0.15, 0.2) is 0 Å². The second-order valence-electron chi connectivity index (χ2n) is 18.4. The number of rotatable bonds is 39. The van der Waals surface area contributed by atoms with E-state index < -0.39 is 0 Å². The lowest BCUT2D eigenvalue weighted by atomic mass is 9.66. The molecule has 0 aliphatic carbocycles. The summed E-state index contributed by atoms with van der Waals surface area (Å²) in [5, 5.41) is 0. The molecule has 1 heterocycles. The maximum atomic E-state index is 3.84. The second kappa shape index (κ2) is 33.5. The highest BCUT2D eigenvalue weighted by atomic mass is 15.1. The Bertz CT molecular complexity index is 1280. The van der Waals surface area contributed by atoms with Crippen LogP contribution >= 0.6 is 0 Å². The van der Waals surface area contributed by atoms with Crippen molar-refractivity contribution in [2.45, 2.75) is 257 Å². The normalized spacial score (nSPS) is 13.2. The highest BCUT2D eigenvalue weighted by molar-refractivity contribution is 5.32. The van der Waals surface area contributed by atoms with Gasteiger partial charge in [-0.05, 0) is 36.8 Å². The Balaban J connectivity index is 1.44. The molecule has 0 aliphatic rings. The Morgan fingerprint density at radius 1 is 0.456 bits per heavy atom. The van der Waals surface area contributed by atoms with E-state index in [1.807, 2.05) is 0 Å².